The van der Waals surface area contributed by atoms with Crippen LogP contribution in [0.5, 0.6) is 0 Å². The molecule has 4 aliphatic carbocycles. The molecule has 0 aromatic heterocycles. The van der Waals surface area contributed by atoms with E-state index in [0.29, 0.717) is 11.5 Å². The highest BCUT2D eigenvalue weighted by Crippen LogP contribution is 2.61. The second-order valence-electron chi connectivity index (χ2n) is 10.3. The summed E-state index contributed by atoms with van der Waals surface area (Å²) >= 11 is 12.1. The van der Waals surface area contributed by atoms with Crippen molar-refractivity contribution in [1.82, 2.24) is 5.32 Å². The Labute approximate surface area is 190 Å². The number of para-hydroxylation sites is 1. The van der Waals surface area contributed by atoms with Crippen molar-refractivity contribution < 1.29 is 4.79 Å². The largest absolute Gasteiger partial charge is 0.369 e. The molecule has 1 aromatic rings. The maximum absolute atomic E-state index is 12.9. The Kier molecular flexibility index (Phi) is 5.70. The minimum absolute atomic E-state index is 0.0657. The summed E-state index contributed by atoms with van der Waals surface area (Å²) in [5, 5.41) is 7.34. The average molecular weight is 446 g/mol. The number of anilines is 2. The van der Waals surface area contributed by atoms with Gasteiger partial charge in [0.15, 0.2) is 5.11 Å². The molecule has 2 N–H and O–H groups in total. The molecule has 1 amide bonds. The first-order valence-corrected chi connectivity index (χ1v) is 12.4. The van der Waals surface area contributed by atoms with E-state index in [1.165, 1.54) is 57.8 Å². The van der Waals surface area contributed by atoms with Crippen LogP contribution in [0.2, 0.25) is 5.02 Å². The highest BCUT2D eigenvalue weighted by molar-refractivity contribution is 7.80. The summed E-state index contributed by atoms with van der Waals surface area (Å²) in [7, 11) is 0. The number of hydrogen-bond acceptors (Lipinski definition) is 3. The molecular weight excluding hydrogens is 414 g/mol. The van der Waals surface area contributed by atoms with E-state index in [-0.39, 0.29) is 11.3 Å². The fourth-order valence-electron chi connectivity index (χ4n) is 7.23. The second-order valence-corrected chi connectivity index (χ2v) is 11.1. The number of amides is 1. The lowest BCUT2D eigenvalue weighted by Crippen LogP contribution is -2.48. The van der Waals surface area contributed by atoms with Gasteiger partial charge in [0.25, 0.3) is 0 Å². The third-order valence-corrected chi connectivity index (χ3v) is 8.37. The minimum atomic E-state index is 0.0657. The van der Waals surface area contributed by atoms with Crippen LogP contribution in [0.1, 0.15) is 64.2 Å². The van der Waals surface area contributed by atoms with Crippen LogP contribution in [0.4, 0.5) is 11.4 Å². The monoisotopic (exact) mass is 445 g/mol. The topological polar surface area (TPSA) is 44.4 Å². The molecule has 0 atom stereocenters. The fourth-order valence-corrected chi connectivity index (χ4v) is 7.74. The summed E-state index contributed by atoms with van der Waals surface area (Å²) in [5.74, 6) is 2.63. The van der Waals surface area contributed by atoms with Gasteiger partial charge in [-0.25, -0.2) is 0 Å². The molecule has 1 heterocycles. The van der Waals surface area contributed by atoms with Crippen molar-refractivity contribution in [3.63, 3.8) is 0 Å². The van der Waals surface area contributed by atoms with Gasteiger partial charge in [-0.15, -0.1) is 0 Å². The number of rotatable bonds is 4. The van der Waals surface area contributed by atoms with Crippen molar-refractivity contribution in [2.75, 3.05) is 23.3 Å². The molecule has 30 heavy (non-hydrogen) atoms. The standard InChI is InChI=1S/C24H32ClN3OS/c25-19-5-4-6-20(22(19)28-7-2-1-3-8-28)26-23(30)27-21(29)15-24-12-16-9-17(13-24)11-18(10-16)14-24/h4-6,16-18H,1-3,7-15H2,(H2,26,27,29,30). The van der Waals surface area contributed by atoms with Crippen molar-refractivity contribution in [3.8, 4) is 0 Å². The summed E-state index contributed by atoms with van der Waals surface area (Å²) in [6, 6.07) is 5.84. The lowest BCUT2D eigenvalue weighted by Gasteiger charge is -2.56. The van der Waals surface area contributed by atoms with E-state index >= 15 is 0 Å². The van der Waals surface area contributed by atoms with Crippen LogP contribution < -0.4 is 15.5 Å². The molecule has 6 heteroatoms. The Hall–Kier alpha value is -1.33. The van der Waals surface area contributed by atoms with Gasteiger partial charge < -0.3 is 15.5 Å². The zero-order chi connectivity index (χ0) is 20.7. The van der Waals surface area contributed by atoms with Gasteiger partial charge in [0.1, 0.15) is 0 Å². The summed E-state index contributed by atoms with van der Waals surface area (Å²) in [6.07, 6.45) is 12.1. The van der Waals surface area contributed by atoms with Gasteiger partial charge in [-0.1, -0.05) is 17.7 Å². The number of piperidine rings is 1. The van der Waals surface area contributed by atoms with E-state index in [0.717, 1.165) is 47.2 Å². The maximum atomic E-state index is 12.9. The van der Waals surface area contributed by atoms with Gasteiger partial charge in [-0.3, -0.25) is 4.79 Å². The number of benzene rings is 1. The Balaban J connectivity index is 1.22. The summed E-state index contributed by atoms with van der Waals surface area (Å²) in [5.41, 5.74) is 2.10. The lowest BCUT2D eigenvalue weighted by atomic mass is 9.49. The number of thiocarbonyl (C=S) groups is 1. The van der Waals surface area contributed by atoms with E-state index < -0.39 is 0 Å². The lowest BCUT2D eigenvalue weighted by molar-refractivity contribution is -0.127. The normalized spacial score (nSPS) is 32.2. The summed E-state index contributed by atoms with van der Waals surface area (Å²) < 4.78 is 0. The van der Waals surface area contributed by atoms with Gasteiger partial charge in [0.2, 0.25) is 5.91 Å². The minimum Gasteiger partial charge on any atom is -0.369 e. The first kappa shape index (κ1) is 20.6. The van der Waals surface area contributed by atoms with Gasteiger partial charge in [0.05, 0.1) is 16.4 Å². The van der Waals surface area contributed by atoms with E-state index in [1.807, 2.05) is 18.2 Å². The fraction of sp³-hybridized carbons (Fsp3) is 0.667. The second kappa shape index (κ2) is 8.31. The molecule has 1 aliphatic heterocycles. The molecule has 0 unspecified atom stereocenters. The highest BCUT2D eigenvalue weighted by atomic mass is 35.5. The van der Waals surface area contributed by atoms with E-state index in [1.54, 1.807) is 0 Å². The Bertz CT molecular complexity index is 800. The average Bonchev–Trinajstić information content (AvgIpc) is 2.67. The Morgan fingerprint density at radius 1 is 1.07 bits per heavy atom. The number of carbonyl (C=O) groups excluding carboxylic acids is 1. The highest BCUT2D eigenvalue weighted by Gasteiger charge is 2.51. The van der Waals surface area contributed by atoms with Crippen molar-refractivity contribution in [2.45, 2.75) is 64.2 Å². The van der Waals surface area contributed by atoms with Crippen molar-refractivity contribution in [2.24, 2.45) is 23.2 Å². The zero-order valence-electron chi connectivity index (χ0n) is 17.6. The number of halogens is 1. The van der Waals surface area contributed by atoms with Crippen molar-refractivity contribution in [3.05, 3.63) is 23.2 Å². The molecule has 5 aliphatic rings. The third-order valence-electron chi connectivity index (χ3n) is 7.86. The summed E-state index contributed by atoms with van der Waals surface area (Å²) in [6.45, 7) is 2.01. The molecule has 4 nitrogen and oxygen atoms in total. The van der Waals surface area contributed by atoms with Gasteiger partial charge in [0, 0.05) is 19.5 Å². The molecule has 1 aromatic carbocycles. The molecule has 0 spiro atoms. The number of carbonyl (C=O) groups is 1. The quantitative estimate of drug-likeness (QED) is 0.579. The molecule has 162 valence electrons. The van der Waals surface area contributed by atoms with Crippen LogP contribution in [0.25, 0.3) is 0 Å². The van der Waals surface area contributed by atoms with Crippen LogP contribution in [0.3, 0.4) is 0 Å². The first-order chi connectivity index (χ1) is 14.5. The Morgan fingerprint density at radius 2 is 1.70 bits per heavy atom. The molecule has 0 radical (unpaired) electrons. The third kappa shape index (κ3) is 4.20. The molecule has 6 rings (SSSR count). The van der Waals surface area contributed by atoms with E-state index in [4.69, 9.17) is 23.8 Å². The van der Waals surface area contributed by atoms with Gasteiger partial charge in [-0.2, -0.15) is 0 Å². The first-order valence-electron chi connectivity index (χ1n) is 11.6. The number of nitrogens with one attached hydrogen (secondary N) is 2. The smallest absolute Gasteiger partial charge is 0.226 e. The molecule has 4 saturated carbocycles. The Morgan fingerprint density at radius 3 is 2.33 bits per heavy atom. The SMILES string of the molecule is O=C(CC12CC3CC(CC(C3)C1)C2)NC(=S)Nc1cccc(Cl)c1N1CCCCC1. The molecular formula is C24H32ClN3OS. The van der Waals surface area contributed by atoms with Crippen molar-refractivity contribution in [1.29, 1.82) is 0 Å². The van der Waals surface area contributed by atoms with E-state index in [9.17, 15) is 4.79 Å². The number of nitrogens with zero attached hydrogens (tertiary/aromatic N) is 1. The van der Waals surface area contributed by atoms with Crippen molar-refractivity contribution >= 4 is 46.2 Å². The van der Waals surface area contributed by atoms with Gasteiger partial charge in [-0.05, 0) is 105 Å². The number of hydrogen-bond donors (Lipinski definition) is 2. The van der Waals surface area contributed by atoms with Crippen LogP contribution in [-0.4, -0.2) is 24.1 Å². The molecule has 5 fully saturated rings. The van der Waals surface area contributed by atoms with Crippen LogP contribution in [0, 0.1) is 23.2 Å². The zero-order valence-corrected chi connectivity index (χ0v) is 19.2. The van der Waals surface area contributed by atoms with Gasteiger partial charge >= 0.3 is 0 Å². The van der Waals surface area contributed by atoms with Crippen LogP contribution in [-0.2, 0) is 4.79 Å². The van der Waals surface area contributed by atoms with Crippen LogP contribution >= 0.6 is 23.8 Å². The maximum Gasteiger partial charge on any atom is 0.226 e. The van der Waals surface area contributed by atoms with E-state index in [2.05, 4.69) is 15.5 Å². The molecule has 4 bridgehead atoms. The predicted octanol–water partition coefficient (Wildman–Crippen LogP) is 5.75. The summed E-state index contributed by atoms with van der Waals surface area (Å²) in [4.78, 5) is 15.2. The van der Waals surface area contributed by atoms with Crippen LogP contribution in [0.15, 0.2) is 18.2 Å². The predicted molar refractivity (Wildman–Crippen MR) is 127 cm³/mol. The molecule has 1 saturated heterocycles.